The molecule has 0 fully saturated rings. The van der Waals surface area contributed by atoms with Crippen molar-refractivity contribution in [3.63, 3.8) is 0 Å². The largest absolute Gasteiger partial charge is 0.380 e. The summed E-state index contributed by atoms with van der Waals surface area (Å²) in [6.07, 6.45) is 0. The summed E-state index contributed by atoms with van der Waals surface area (Å²) in [4.78, 5) is 0. The predicted molar refractivity (Wildman–Crippen MR) is 77.9 cm³/mol. The molecule has 2 aromatic carbocycles. The Balaban J connectivity index is 2.14. The molecule has 1 nitrogen and oxygen atoms in total. The average molecular weight is 380 g/mol. The van der Waals surface area contributed by atoms with Gasteiger partial charge in [-0.2, -0.15) is 0 Å². The summed E-state index contributed by atoms with van der Waals surface area (Å²) >= 11 is 7.88. The first-order chi connectivity index (χ1) is 8.58. The molecule has 2 aromatic rings. The molecule has 2 rings (SSSR count). The summed E-state index contributed by atoms with van der Waals surface area (Å²) in [5.74, 6) is -0.724. The van der Waals surface area contributed by atoms with Crippen molar-refractivity contribution in [1.29, 1.82) is 0 Å². The van der Waals surface area contributed by atoms with E-state index in [1.165, 1.54) is 18.2 Å². The zero-order chi connectivity index (χ0) is 13.1. The van der Waals surface area contributed by atoms with E-state index < -0.39 is 5.82 Å². The quantitative estimate of drug-likeness (QED) is 0.753. The first kappa shape index (κ1) is 13.5. The van der Waals surface area contributed by atoms with Crippen LogP contribution in [0.3, 0.4) is 0 Å². The maximum absolute atomic E-state index is 13.2. The molecule has 0 heterocycles. The average Bonchev–Trinajstić information content (AvgIpc) is 2.33. The molecule has 0 spiro atoms. The van der Waals surface area contributed by atoms with Crippen LogP contribution >= 0.6 is 34.2 Å². The zero-order valence-electron chi connectivity index (χ0n) is 9.18. The predicted octanol–water partition coefficient (Wildman–Crippen LogP) is 4.83. The van der Waals surface area contributed by atoms with Gasteiger partial charge in [0.2, 0.25) is 0 Å². The maximum atomic E-state index is 13.2. The molecule has 0 saturated heterocycles. The van der Waals surface area contributed by atoms with Crippen LogP contribution < -0.4 is 5.32 Å². The molecule has 0 aliphatic rings. The summed E-state index contributed by atoms with van der Waals surface area (Å²) in [5, 5.41) is 3.21. The molecule has 0 aliphatic heterocycles. The Morgan fingerprint density at radius 1 is 1.17 bits per heavy atom. The number of rotatable bonds is 3. The van der Waals surface area contributed by atoms with Gasteiger partial charge in [0.25, 0.3) is 0 Å². The number of hydrogen-bond donors (Lipinski definition) is 1. The lowest BCUT2D eigenvalue weighted by atomic mass is 10.2. The van der Waals surface area contributed by atoms with Crippen LogP contribution in [0, 0.1) is 15.2 Å². The Bertz CT molecular complexity index is 575. The van der Waals surface area contributed by atoms with E-state index in [9.17, 15) is 8.78 Å². The van der Waals surface area contributed by atoms with Crippen LogP contribution in [-0.2, 0) is 6.54 Å². The second kappa shape index (κ2) is 5.84. The standard InChI is InChI=1S/C13H9ClF2IN/c14-13-8(2-1-3-10(13)16)7-18-12-5-4-9(15)6-11(12)17/h1-6,18H,7H2. The Labute approximate surface area is 122 Å². The van der Waals surface area contributed by atoms with Crippen LogP contribution in [0.2, 0.25) is 5.02 Å². The lowest BCUT2D eigenvalue weighted by Gasteiger charge is -2.10. The molecule has 0 aromatic heterocycles. The molecule has 0 atom stereocenters. The molecule has 0 bridgehead atoms. The highest BCUT2D eigenvalue weighted by Crippen LogP contribution is 2.23. The van der Waals surface area contributed by atoms with Crippen molar-refractivity contribution in [3.8, 4) is 0 Å². The van der Waals surface area contributed by atoms with Crippen molar-refractivity contribution < 1.29 is 8.78 Å². The van der Waals surface area contributed by atoms with E-state index in [-0.39, 0.29) is 10.8 Å². The summed E-state index contributed by atoms with van der Waals surface area (Å²) in [5.41, 5.74) is 1.45. The molecule has 0 radical (unpaired) electrons. The van der Waals surface area contributed by atoms with Crippen LogP contribution in [0.25, 0.3) is 0 Å². The summed E-state index contributed by atoms with van der Waals surface area (Å²) < 4.78 is 26.9. The van der Waals surface area contributed by atoms with Gasteiger partial charge in [-0.3, -0.25) is 0 Å². The minimum absolute atomic E-state index is 0.113. The summed E-state index contributed by atoms with van der Waals surface area (Å²) in [6, 6.07) is 9.11. The van der Waals surface area contributed by atoms with Crippen LogP contribution in [0.1, 0.15) is 5.56 Å². The Kier molecular flexibility index (Phi) is 4.40. The number of halogens is 4. The monoisotopic (exact) mass is 379 g/mol. The van der Waals surface area contributed by atoms with E-state index in [4.69, 9.17) is 11.6 Å². The van der Waals surface area contributed by atoms with Crippen molar-refractivity contribution >= 4 is 39.9 Å². The lowest BCUT2D eigenvalue weighted by molar-refractivity contribution is 0.626. The van der Waals surface area contributed by atoms with Gasteiger partial charge >= 0.3 is 0 Å². The zero-order valence-corrected chi connectivity index (χ0v) is 12.1. The number of benzene rings is 2. The Hall–Kier alpha value is -0.880. The van der Waals surface area contributed by atoms with Crippen LogP contribution in [0.5, 0.6) is 0 Å². The van der Waals surface area contributed by atoms with Gasteiger partial charge in [0, 0.05) is 15.8 Å². The Morgan fingerprint density at radius 2 is 1.94 bits per heavy atom. The fourth-order valence-corrected chi connectivity index (χ4v) is 2.37. The first-order valence-corrected chi connectivity index (χ1v) is 6.65. The topological polar surface area (TPSA) is 12.0 Å². The van der Waals surface area contributed by atoms with Crippen molar-refractivity contribution in [2.45, 2.75) is 6.54 Å². The number of nitrogens with one attached hydrogen (secondary N) is 1. The molecule has 94 valence electrons. The van der Waals surface area contributed by atoms with Gasteiger partial charge < -0.3 is 5.32 Å². The minimum Gasteiger partial charge on any atom is -0.380 e. The molecule has 0 amide bonds. The van der Waals surface area contributed by atoms with E-state index >= 15 is 0 Å². The highest BCUT2D eigenvalue weighted by atomic mass is 127. The maximum Gasteiger partial charge on any atom is 0.142 e. The van der Waals surface area contributed by atoms with Gasteiger partial charge in [-0.1, -0.05) is 23.7 Å². The minimum atomic E-state index is -0.440. The number of hydrogen-bond acceptors (Lipinski definition) is 1. The highest BCUT2D eigenvalue weighted by Gasteiger charge is 2.06. The SMILES string of the molecule is Fc1ccc(NCc2cccc(F)c2Cl)c(I)c1. The van der Waals surface area contributed by atoms with Crippen LogP contribution in [0.15, 0.2) is 36.4 Å². The number of anilines is 1. The van der Waals surface area contributed by atoms with E-state index in [0.717, 1.165) is 9.26 Å². The van der Waals surface area contributed by atoms with Gasteiger partial charge in [0.1, 0.15) is 11.6 Å². The first-order valence-electron chi connectivity index (χ1n) is 5.20. The van der Waals surface area contributed by atoms with Crippen molar-refractivity contribution in [1.82, 2.24) is 0 Å². The van der Waals surface area contributed by atoms with Gasteiger partial charge in [-0.15, -0.1) is 0 Å². The lowest BCUT2D eigenvalue weighted by Crippen LogP contribution is -2.02. The third-order valence-electron chi connectivity index (χ3n) is 2.43. The van der Waals surface area contributed by atoms with E-state index in [1.54, 1.807) is 18.2 Å². The fraction of sp³-hybridized carbons (Fsp3) is 0.0769. The smallest absolute Gasteiger partial charge is 0.142 e. The fourth-order valence-electron chi connectivity index (χ4n) is 1.51. The molecule has 18 heavy (non-hydrogen) atoms. The molecular weight excluding hydrogens is 371 g/mol. The van der Waals surface area contributed by atoms with Crippen molar-refractivity contribution in [2.75, 3.05) is 5.32 Å². The molecule has 0 unspecified atom stereocenters. The van der Waals surface area contributed by atoms with Crippen LogP contribution in [-0.4, -0.2) is 0 Å². The molecule has 0 aliphatic carbocycles. The second-order valence-corrected chi connectivity index (χ2v) is 5.23. The van der Waals surface area contributed by atoms with Gasteiger partial charge in [0.05, 0.1) is 5.02 Å². The summed E-state index contributed by atoms with van der Waals surface area (Å²) in [6.45, 7) is 0.387. The summed E-state index contributed by atoms with van der Waals surface area (Å²) in [7, 11) is 0. The van der Waals surface area contributed by atoms with Gasteiger partial charge in [-0.25, -0.2) is 8.78 Å². The third kappa shape index (κ3) is 3.11. The normalized spacial score (nSPS) is 10.4. The molecular formula is C13H9ClF2IN. The Morgan fingerprint density at radius 3 is 2.67 bits per heavy atom. The van der Waals surface area contributed by atoms with E-state index in [2.05, 4.69) is 5.32 Å². The molecule has 0 saturated carbocycles. The van der Waals surface area contributed by atoms with Gasteiger partial charge in [0.15, 0.2) is 0 Å². The van der Waals surface area contributed by atoms with E-state index in [1.807, 2.05) is 22.6 Å². The van der Waals surface area contributed by atoms with Crippen LogP contribution in [0.4, 0.5) is 14.5 Å². The highest BCUT2D eigenvalue weighted by molar-refractivity contribution is 14.1. The van der Waals surface area contributed by atoms with Gasteiger partial charge in [-0.05, 0) is 52.4 Å². The molecule has 5 heteroatoms. The third-order valence-corrected chi connectivity index (χ3v) is 3.75. The van der Waals surface area contributed by atoms with Crippen molar-refractivity contribution in [3.05, 3.63) is 62.2 Å². The molecule has 1 N–H and O–H groups in total. The second-order valence-electron chi connectivity index (χ2n) is 3.69. The van der Waals surface area contributed by atoms with E-state index in [0.29, 0.717) is 12.1 Å². The van der Waals surface area contributed by atoms with Crippen molar-refractivity contribution in [2.24, 2.45) is 0 Å².